The van der Waals surface area contributed by atoms with Gasteiger partial charge in [-0.05, 0) is 33.1 Å². The lowest BCUT2D eigenvalue weighted by Gasteiger charge is -2.28. The summed E-state index contributed by atoms with van der Waals surface area (Å²) in [5.74, 6) is 0.512. The molecule has 0 amide bonds. The molecule has 0 saturated heterocycles. The Morgan fingerprint density at radius 1 is 1.00 bits per heavy atom. The van der Waals surface area contributed by atoms with Gasteiger partial charge >= 0.3 is 8.80 Å². The molecule has 4 nitrogen and oxygen atoms in total. The largest absolute Gasteiger partial charge is 0.500 e. The molecule has 0 spiro atoms. The van der Waals surface area contributed by atoms with Crippen LogP contribution < -0.4 is 0 Å². The molecule has 108 valence electrons. The van der Waals surface area contributed by atoms with Gasteiger partial charge in [0.2, 0.25) is 0 Å². The van der Waals surface area contributed by atoms with Gasteiger partial charge in [0.1, 0.15) is 0 Å². The number of hydrogen-bond acceptors (Lipinski definition) is 4. The van der Waals surface area contributed by atoms with Gasteiger partial charge in [-0.1, -0.05) is 13.8 Å². The van der Waals surface area contributed by atoms with Crippen molar-refractivity contribution in [3.05, 3.63) is 0 Å². The number of nitrogens with zero attached hydrogens (tertiary/aromatic N) is 1. The second kappa shape index (κ2) is 10.7. The minimum atomic E-state index is -2.45. The van der Waals surface area contributed by atoms with E-state index in [2.05, 4.69) is 18.8 Å². The van der Waals surface area contributed by atoms with Crippen LogP contribution in [0.25, 0.3) is 0 Å². The van der Waals surface area contributed by atoms with E-state index in [1.54, 1.807) is 0 Å². The minimum absolute atomic E-state index is 0.512. The average Bonchev–Trinajstić information content (AvgIpc) is 2.29. The maximum atomic E-state index is 5.78. The van der Waals surface area contributed by atoms with Crippen molar-refractivity contribution in [3.63, 3.8) is 0 Å². The first-order valence-electron chi connectivity index (χ1n) is 7.02. The molecule has 0 rings (SSSR count). The van der Waals surface area contributed by atoms with Crippen LogP contribution in [0.5, 0.6) is 0 Å². The van der Waals surface area contributed by atoms with Gasteiger partial charge < -0.3 is 13.3 Å². The molecule has 0 saturated carbocycles. The van der Waals surface area contributed by atoms with Crippen LogP contribution in [0, 0.1) is 5.92 Å². The highest BCUT2D eigenvalue weighted by Gasteiger charge is 2.39. The zero-order valence-corrected chi connectivity index (χ0v) is 13.6. The smallest absolute Gasteiger partial charge is 0.374 e. The second-order valence-corrected chi connectivity index (χ2v) is 7.12. The molecule has 0 heterocycles. The third kappa shape index (κ3) is 7.97. The van der Waals surface area contributed by atoms with Gasteiger partial charge in [0.15, 0.2) is 0 Å². The Balaban J connectivity index is 4.20. The van der Waals surface area contributed by atoms with Crippen LogP contribution in [0.2, 0.25) is 6.04 Å². The van der Waals surface area contributed by atoms with Crippen molar-refractivity contribution in [2.24, 2.45) is 10.9 Å². The molecular weight excluding hydrogens is 246 g/mol. The van der Waals surface area contributed by atoms with Gasteiger partial charge in [-0.2, -0.15) is 0 Å². The SMILES string of the molecule is CCO[Si](CCCN=CC(C)C)(OCC)OCC. The molecule has 18 heavy (non-hydrogen) atoms. The van der Waals surface area contributed by atoms with E-state index >= 15 is 0 Å². The predicted octanol–water partition coefficient (Wildman–Crippen LogP) is 3.15. The molecule has 0 aromatic carbocycles. The lowest BCUT2D eigenvalue weighted by atomic mass is 10.2. The van der Waals surface area contributed by atoms with Gasteiger partial charge in [-0.25, -0.2) is 0 Å². The van der Waals surface area contributed by atoms with E-state index in [1.807, 2.05) is 27.0 Å². The third-order valence-electron chi connectivity index (χ3n) is 2.27. The van der Waals surface area contributed by atoms with Crippen molar-refractivity contribution in [1.29, 1.82) is 0 Å². The zero-order valence-electron chi connectivity index (χ0n) is 12.6. The normalized spacial score (nSPS) is 12.8. The van der Waals surface area contributed by atoms with Crippen molar-refractivity contribution in [2.75, 3.05) is 26.4 Å². The Bertz CT molecular complexity index is 205. The summed E-state index contributed by atoms with van der Waals surface area (Å²) in [5, 5.41) is 0. The van der Waals surface area contributed by atoms with Crippen molar-refractivity contribution >= 4 is 15.0 Å². The topological polar surface area (TPSA) is 40.0 Å². The molecule has 0 unspecified atom stereocenters. The minimum Gasteiger partial charge on any atom is -0.374 e. The molecule has 0 aliphatic heterocycles. The highest BCUT2D eigenvalue weighted by atomic mass is 28.4. The quantitative estimate of drug-likeness (QED) is 0.330. The molecule has 0 aliphatic carbocycles. The van der Waals surface area contributed by atoms with E-state index in [4.69, 9.17) is 13.3 Å². The predicted molar refractivity (Wildman–Crippen MR) is 78.3 cm³/mol. The van der Waals surface area contributed by atoms with Crippen molar-refractivity contribution < 1.29 is 13.3 Å². The van der Waals surface area contributed by atoms with E-state index in [0.29, 0.717) is 25.7 Å². The van der Waals surface area contributed by atoms with E-state index in [1.165, 1.54) is 0 Å². The molecule has 0 aliphatic rings. The third-order valence-corrected chi connectivity index (χ3v) is 5.42. The van der Waals surface area contributed by atoms with Gasteiger partial charge in [0, 0.05) is 38.6 Å². The highest BCUT2D eigenvalue weighted by molar-refractivity contribution is 6.60. The summed E-state index contributed by atoms with van der Waals surface area (Å²) in [6, 6.07) is 0.845. The van der Waals surface area contributed by atoms with Crippen LogP contribution in [-0.4, -0.2) is 41.4 Å². The summed E-state index contributed by atoms with van der Waals surface area (Å²) in [6.45, 7) is 12.9. The van der Waals surface area contributed by atoms with E-state index < -0.39 is 8.80 Å². The molecular formula is C13H29NO3Si. The van der Waals surface area contributed by atoms with E-state index in [9.17, 15) is 0 Å². The summed E-state index contributed by atoms with van der Waals surface area (Å²) >= 11 is 0. The Labute approximate surface area is 113 Å². The maximum absolute atomic E-state index is 5.78. The molecule has 0 radical (unpaired) electrons. The molecule has 0 bridgehead atoms. The first-order chi connectivity index (χ1) is 8.60. The summed E-state index contributed by atoms with van der Waals surface area (Å²) in [6.07, 6.45) is 2.95. The van der Waals surface area contributed by atoms with Crippen LogP contribution >= 0.6 is 0 Å². The standard InChI is InChI=1S/C13H29NO3Si/c1-6-15-18(16-7-2,17-8-3)11-9-10-14-12-13(4)5/h12-13H,6-11H2,1-5H3. The van der Waals surface area contributed by atoms with Crippen LogP contribution in [0.1, 0.15) is 41.0 Å². The summed E-state index contributed by atoms with van der Waals surface area (Å²) in [7, 11) is -2.45. The van der Waals surface area contributed by atoms with Gasteiger partial charge in [-0.15, -0.1) is 0 Å². The van der Waals surface area contributed by atoms with Crippen LogP contribution in [0.15, 0.2) is 4.99 Å². The Morgan fingerprint density at radius 3 is 1.89 bits per heavy atom. The lowest BCUT2D eigenvalue weighted by molar-refractivity contribution is 0.0710. The second-order valence-electron chi connectivity index (χ2n) is 4.38. The van der Waals surface area contributed by atoms with E-state index in [-0.39, 0.29) is 0 Å². The summed E-state index contributed by atoms with van der Waals surface area (Å²) in [5.41, 5.74) is 0. The molecule has 0 atom stereocenters. The van der Waals surface area contributed by atoms with Crippen molar-refractivity contribution in [1.82, 2.24) is 0 Å². The Kier molecular flexibility index (Phi) is 10.5. The van der Waals surface area contributed by atoms with Crippen LogP contribution in [0.3, 0.4) is 0 Å². The molecule has 0 fully saturated rings. The fourth-order valence-corrected chi connectivity index (χ4v) is 4.27. The van der Waals surface area contributed by atoms with Gasteiger partial charge in [-0.3, -0.25) is 4.99 Å². The Hall–Kier alpha value is -0.233. The fraction of sp³-hybridized carbons (Fsp3) is 0.923. The molecule has 0 N–H and O–H groups in total. The summed E-state index contributed by atoms with van der Waals surface area (Å²) in [4.78, 5) is 4.38. The number of aliphatic imine (C=N–C) groups is 1. The number of hydrogen-bond donors (Lipinski definition) is 0. The van der Waals surface area contributed by atoms with Crippen LogP contribution in [0.4, 0.5) is 0 Å². The monoisotopic (exact) mass is 275 g/mol. The van der Waals surface area contributed by atoms with Gasteiger partial charge in [0.05, 0.1) is 0 Å². The molecule has 0 aromatic heterocycles. The highest BCUT2D eigenvalue weighted by Crippen LogP contribution is 2.18. The summed E-state index contributed by atoms with van der Waals surface area (Å²) < 4.78 is 17.3. The first kappa shape index (κ1) is 17.8. The van der Waals surface area contributed by atoms with Crippen molar-refractivity contribution in [3.8, 4) is 0 Å². The lowest BCUT2D eigenvalue weighted by Crippen LogP contribution is -2.46. The van der Waals surface area contributed by atoms with E-state index in [0.717, 1.165) is 19.0 Å². The average molecular weight is 275 g/mol. The Morgan fingerprint density at radius 2 is 1.50 bits per heavy atom. The fourth-order valence-electron chi connectivity index (χ4n) is 1.67. The van der Waals surface area contributed by atoms with Crippen molar-refractivity contribution in [2.45, 2.75) is 47.1 Å². The maximum Gasteiger partial charge on any atom is 0.500 e. The molecule has 5 heteroatoms. The first-order valence-corrected chi connectivity index (χ1v) is 8.95. The van der Waals surface area contributed by atoms with Gasteiger partial charge in [0.25, 0.3) is 0 Å². The van der Waals surface area contributed by atoms with Crippen LogP contribution in [-0.2, 0) is 13.3 Å². The number of rotatable bonds is 11. The zero-order chi connectivity index (χ0) is 13.9. The molecule has 0 aromatic rings.